The second kappa shape index (κ2) is 10.6. The highest BCUT2D eigenvalue weighted by Crippen LogP contribution is 2.21. The molecule has 2 aliphatic heterocycles. The normalized spacial score (nSPS) is 10.3. The predicted octanol–water partition coefficient (Wildman–Crippen LogP) is 4.30. The molecule has 0 fully saturated rings. The molecule has 0 amide bonds. The number of fused-ring (bicyclic) bond motifs is 2. The van der Waals surface area contributed by atoms with Gasteiger partial charge >= 0.3 is 0 Å². The molecule has 40 heavy (non-hydrogen) atoms. The number of nitrogens with zero attached hydrogens (tertiary/aromatic N) is 4. The Balaban J connectivity index is 0.000000161. The number of nitriles is 4. The topological polar surface area (TPSA) is 163 Å². The van der Waals surface area contributed by atoms with E-state index in [0.29, 0.717) is 21.5 Å². The molecule has 2 aliphatic carbocycles. The molecule has 8 nitrogen and oxygen atoms in total. The zero-order valence-corrected chi connectivity index (χ0v) is 22.9. The van der Waals surface area contributed by atoms with Crippen molar-refractivity contribution in [2.45, 2.75) is 0 Å². The van der Waals surface area contributed by atoms with E-state index in [1.54, 1.807) is 48.5 Å². The van der Waals surface area contributed by atoms with Gasteiger partial charge in [-0.1, -0.05) is 48.5 Å². The van der Waals surface area contributed by atoms with E-state index in [0.717, 1.165) is 45.3 Å². The Morgan fingerprint density at radius 3 is 0.775 bits per heavy atom. The van der Waals surface area contributed by atoms with E-state index in [4.69, 9.17) is 21.0 Å². The molecule has 0 unspecified atom stereocenters. The summed E-state index contributed by atoms with van der Waals surface area (Å²) in [6, 6.07) is 20.8. The first kappa shape index (κ1) is 26.5. The maximum absolute atomic E-state index is 12.4. The van der Waals surface area contributed by atoms with Crippen molar-refractivity contribution in [3.63, 3.8) is 0 Å². The Kier molecular flexibility index (Phi) is 7.02. The maximum Gasteiger partial charge on any atom is 0.205 e. The van der Waals surface area contributed by atoms with Gasteiger partial charge in [-0.3, -0.25) is 19.2 Å². The monoisotopic (exact) mass is 592 g/mol. The molecule has 0 spiro atoms. The van der Waals surface area contributed by atoms with Gasteiger partial charge in [0.1, 0.15) is 43.8 Å². The minimum absolute atomic E-state index is 0.164. The van der Waals surface area contributed by atoms with Gasteiger partial charge in [-0.2, -0.15) is 21.0 Å². The number of hydrogen-bond acceptors (Lipinski definition) is 12. The van der Waals surface area contributed by atoms with Gasteiger partial charge in [0, 0.05) is 21.5 Å². The summed E-state index contributed by atoms with van der Waals surface area (Å²) in [6.07, 6.45) is 0. The molecular formula is C28H8N4O4S4. The third kappa shape index (κ3) is 4.24. The van der Waals surface area contributed by atoms with Crippen molar-refractivity contribution < 1.29 is 0 Å². The van der Waals surface area contributed by atoms with Crippen molar-refractivity contribution in [3.05, 3.63) is 127 Å². The second-order valence-corrected chi connectivity index (χ2v) is 12.0. The molecule has 2 aromatic carbocycles. The van der Waals surface area contributed by atoms with Crippen LogP contribution in [0.15, 0.2) is 67.7 Å². The molecule has 0 saturated carbocycles. The SMILES string of the molecule is N#Cc1sc2c(=O)c3ccccc3c(=O)c=2sc1C#N.N#Cc1sc2c(=O)c3ccccc3c(=O)c=2sc1C#N. The van der Waals surface area contributed by atoms with Gasteiger partial charge in [0.05, 0.1) is 18.1 Å². The van der Waals surface area contributed by atoms with Gasteiger partial charge in [-0.25, -0.2) is 0 Å². The summed E-state index contributed by atoms with van der Waals surface area (Å²) in [5.41, 5.74) is -1.07. The number of hydrogen-bond donors (Lipinski definition) is 0. The average Bonchev–Trinajstić information content (AvgIpc) is 3.01. The zero-order chi connectivity index (χ0) is 28.6. The molecule has 0 atom stereocenters. The third-order valence-corrected chi connectivity index (χ3v) is 10.6. The van der Waals surface area contributed by atoms with Crippen molar-refractivity contribution in [2.24, 2.45) is 0 Å². The quantitative estimate of drug-likeness (QED) is 0.252. The van der Waals surface area contributed by atoms with Crippen molar-refractivity contribution in [2.75, 3.05) is 0 Å². The largest absolute Gasteiger partial charge is 0.288 e. The zero-order valence-electron chi connectivity index (χ0n) is 19.7. The van der Waals surface area contributed by atoms with Crippen LogP contribution in [-0.4, -0.2) is 0 Å². The van der Waals surface area contributed by atoms with Crippen LogP contribution in [0, 0.1) is 63.5 Å². The van der Waals surface area contributed by atoms with Crippen LogP contribution < -0.4 is 21.7 Å². The minimum Gasteiger partial charge on any atom is -0.288 e. The van der Waals surface area contributed by atoms with E-state index < -0.39 is 0 Å². The van der Waals surface area contributed by atoms with E-state index in [9.17, 15) is 19.2 Å². The van der Waals surface area contributed by atoms with Crippen LogP contribution >= 0.6 is 45.3 Å². The summed E-state index contributed by atoms with van der Waals surface area (Å²) in [5.74, 6) is 0. The molecule has 0 aromatic heterocycles. The van der Waals surface area contributed by atoms with Gasteiger partial charge in [-0.05, 0) is 0 Å². The van der Waals surface area contributed by atoms with Crippen molar-refractivity contribution in [1.82, 2.24) is 0 Å². The van der Waals surface area contributed by atoms with Gasteiger partial charge in [-0.15, -0.1) is 45.3 Å². The Labute approximate surface area is 238 Å². The Morgan fingerprint density at radius 2 is 0.600 bits per heavy atom. The molecule has 0 N–H and O–H groups in total. The molecule has 12 heteroatoms. The van der Waals surface area contributed by atoms with Crippen LogP contribution in [0.1, 0.15) is 19.5 Å². The Morgan fingerprint density at radius 1 is 0.400 bits per heavy atom. The van der Waals surface area contributed by atoms with E-state index in [1.165, 1.54) is 0 Å². The van der Waals surface area contributed by atoms with Crippen LogP contribution in [0.3, 0.4) is 0 Å². The molecule has 0 bridgehead atoms. The molecule has 2 aromatic rings. The number of rotatable bonds is 0. The van der Waals surface area contributed by atoms with Crippen LogP contribution in [0.25, 0.3) is 21.5 Å². The first-order valence-electron chi connectivity index (χ1n) is 11.0. The fraction of sp³-hybridized carbons (Fsp3) is 0. The summed E-state index contributed by atoms with van der Waals surface area (Å²) in [4.78, 5) is 50.2. The fourth-order valence-electron chi connectivity index (χ4n) is 3.92. The van der Waals surface area contributed by atoms with Gasteiger partial charge in [0.25, 0.3) is 0 Å². The lowest BCUT2D eigenvalue weighted by molar-refractivity contribution is 1.49. The molecule has 2 heterocycles. The van der Waals surface area contributed by atoms with Gasteiger partial charge in [0.15, 0.2) is 0 Å². The molecule has 0 saturated heterocycles. The summed E-state index contributed by atoms with van der Waals surface area (Å²) in [7, 11) is 0. The molecule has 6 rings (SSSR count). The fourth-order valence-corrected chi connectivity index (χ4v) is 8.02. The predicted molar refractivity (Wildman–Crippen MR) is 154 cm³/mol. The van der Waals surface area contributed by atoms with Crippen LogP contribution in [0.4, 0.5) is 0 Å². The molecule has 4 aliphatic rings. The standard InChI is InChI=1S/2C14H4N2O2S2/c2*15-5-9-10(6-16)20-14-12(18)8-4-2-1-3-7(8)11(17)13(14)19-9/h2*1-4H. The lowest BCUT2D eigenvalue weighted by Gasteiger charge is -1.98. The lowest BCUT2D eigenvalue weighted by atomic mass is 10.1. The molecule has 0 radical (unpaired) electrons. The highest BCUT2D eigenvalue weighted by atomic mass is 32.1. The molecule has 188 valence electrons. The van der Waals surface area contributed by atoms with E-state index in [1.807, 2.05) is 24.3 Å². The van der Waals surface area contributed by atoms with Crippen LogP contribution in [0.2, 0.25) is 0 Å². The second-order valence-electron chi connectivity index (χ2n) is 7.90. The highest BCUT2D eigenvalue weighted by Gasteiger charge is 2.14. The Hall–Kier alpha value is -5.08. The maximum atomic E-state index is 12.4. The van der Waals surface area contributed by atoms with Crippen molar-refractivity contribution in [3.8, 4) is 24.3 Å². The summed E-state index contributed by atoms with van der Waals surface area (Å²) >= 11 is 3.63. The minimum atomic E-state index is -0.266. The van der Waals surface area contributed by atoms with E-state index in [2.05, 4.69) is 0 Å². The summed E-state index contributed by atoms with van der Waals surface area (Å²) in [5, 5.41) is 37.5. The highest BCUT2D eigenvalue weighted by molar-refractivity contribution is 7.18. The Bertz CT molecular complexity index is 2230. The first-order chi connectivity index (χ1) is 19.3. The first-order valence-corrected chi connectivity index (χ1v) is 14.3. The van der Waals surface area contributed by atoms with Gasteiger partial charge < -0.3 is 0 Å². The summed E-state index contributed by atoms with van der Waals surface area (Å²) in [6.45, 7) is 0. The van der Waals surface area contributed by atoms with Gasteiger partial charge in [0.2, 0.25) is 21.7 Å². The van der Waals surface area contributed by atoms with Crippen molar-refractivity contribution >= 4 is 66.9 Å². The van der Waals surface area contributed by atoms with Crippen LogP contribution in [-0.2, 0) is 0 Å². The van der Waals surface area contributed by atoms with Crippen molar-refractivity contribution in [1.29, 1.82) is 21.0 Å². The smallest absolute Gasteiger partial charge is 0.205 e. The van der Waals surface area contributed by atoms with E-state index >= 15 is 0 Å². The third-order valence-electron chi connectivity index (χ3n) is 5.71. The summed E-state index contributed by atoms with van der Waals surface area (Å²) < 4.78 is 0.979. The van der Waals surface area contributed by atoms with Crippen LogP contribution in [0.5, 0.6) is 0 Å². The lowest BCUT2D eigenvalue weighted by Crippen LogP contribution is -2.13. The van der Waals surface area contributed by atoms with E-state index in [-0.39, 0.29) is 59.4 Å². The number of benzene rings is 2. The average molecular weight is 593 g/mol. The molecular weight excluding hydrogens is 585 g/mol.